The number of ether oxygens (including phenoxy) is 1. The SMILES string of the molecule is CCCCNC(=O)C(c1ccc(CC)cc1)N(CCO)C(=O)C(Cc1ccc(O)cc1)NC(=O)OC(C)(C)C. The number of benzene rings is 2. The molecule has 0 fully saturated rings. The maximum absolute atomic E-state index is 14.1. The average molecular weight is 542 g/mol. The highest BCUT2D eigenvalue weighted by Gasteiger charge is 2.36. The molecule has 0 bridgehead atoms. The molecule has 9 nitrogen and oxygen atoms in total. The molecule has 2 aromatic carbocycles. The molecule has 0 heterocycles. The van der Waals surface area contributed by atoms with Gasteiger partial charge in [0, 0.05) is 19.5 Å². The lowest BCUT2D eigenvalue weighted by Gasteiger charge is -2.34. The van der Waals surface area contributed by atoms with E-state index in [9.17, 15) is 24.6 Å². The van der Waals surface area contributed by atoms with E-state index in [-0.39, 0.29) is 31.2 Å². The van der Waals surface area contributed by atoms with Gasteiger partial charge >= 0.3 is 6.09 Å². The predicted octanol–water partition coefficient (Wildman–Crippen LogP) is 3.87. The van der Waals surface area contributed by atoms with Crippen LogP contribution in [0.1, 0.15) is 70.2 Å². The average Bonchev–Trinajstić information content (AvgIpc) is 2.88. The molecule has 39 heavy (non-hydrogen) atoms. The molecule has 0 aliphatic rings. The van der Waals surface area contributed by atoms with Gasteiger partial charge in [-0.15, -0.1) is 0 Å². The van der Waals surface area contributed by atoms with Crippen LogP contribution in [0.25, 0.3) is 0 Å². The van der Waals surface area contributed by atoms with Gasteiger partial charge < -0.3 is 30.5 Å². The van der Waals surface area contributed by atoms with Crippen LogP contribution in [0, 0.1) is 0 Å². The van der Waals surface area contributed by atoms with Crippen molar-refractivity contribution in [3.05, 3.63) is 65.2 Å². The number of aliphatic hydroxyl groups is 1. The Bertz CT molecular complexity index is 1060. The van der Waals surface area contributed by atoms with Crippen molar-refractivity contribution in [1.29, 1.82) is 0 Å². The molecule has 214 valence electrons. The predicted molar refractivity (Wildman–Crippen MR) is 150 cm³/mol. The number of phenolic OH excluding ortho intramolecular Hbond substituents is 1. The summed E-state index contributed by atoms with van der Waals surface area (Å²) in [5, 5.41) is 25.2. The highest BCUT2D eigenvalue weighted by atomic mass is 16.6. The van der Waals surface area contributed by atoms with E-state index in [4.69, 9.17) is 4.74 Å². The molecule has 0 radical (unpaired) electrons. The van der Waals surface area contributed by atoms with Crippen molar-refractivity contribution in [3.63, 3.8) is 0 Å². The van der Waals surface area contributed by atoms with Gasteiger partial charge in [-0.25, -0.2) is 4.79 Å². The fourth-order valence-corrected chi connectivity index (χ4v) is 4.09. The van der Waals surface area contributed by atoms with Crippen molar-refractivity contribution in [3.8, 4) is 5.75 Å². The Balaban J connectivity index is 2.49. The lowest BCUT2D eigenvalue weighted by atomic mass is 9.99. The van der Waals surface area contributed by atoms with Gasteiger partial charge in [0.05, 0.1) is 6.61 Å². The van der Waals surface area contributed by atoms with E-state index in [2.05, 4.69) is 10.6 Å². The summed E-state index contributed by atoms with van der Waals surface area (Å²) in [6.07, 6.45) is 1.80. The van der Waals surface area contributed by atoms with E-state index >= 15 is 0 Å². The Kier molecular flexibility index (Phi) is 12.3. The molecule has 0 aliphatic carbocycles. The van der Waals surface area contributed by atoms with Crippen LogP contribution < -0.4 is 10.6 Å². The number of unbranched alkanes of at least 4 members (excludes halogenated alkanes) is 1. The minimum Gasteiger partial charge on any atom is -0.508 e. The minimum atomic E-state index is -1.10. The van der Waals surface area contributed by atoms with Crippen LogP contribution in [0.5, 0.6) is 5.75 Å². The first-order chi connectivity index (χ1) is 18.5. The van der Waals surface area contributed by atoms with E-state index in [1.165, 1.54) is 17.0 Å². The third kappa shape index (κ3) is 10.2. The standard InChI is InChI=1S/C30H43N3O6/c1-6-8-17-31-27(36)26(23-13-9-21(7-2)10-14-23)33(18-19-34)28(37)25(32-29(38)39-30(3,4)5)20-22-11-15-24(35)16-12-22/h9-16,25-26,34-35H,6-8,17-20H2,1-5H3,(H,31,36)(H,32,38). The molecule has 0 saturated carbocycles. The first-order valence-corrected chi connectivity index (χ1v) is 13.5. The smallest absolute Gasteiger partial charge is 0.408 e. The van der Waals surface area contributed by atoms with Crippen molar-refractivity contribution < 1.29 is 29.3 Å². The highest BCUT2D eigenvalue weighted by Crippen LogP contribution is 2.24. The molecule has 0 aliphatic heterocycles. The van der Waals surface area contributed by atoms with Crippen LogP contribution in [-0.2, 0) is 27.2 Å². The van der Waals surface area contributed by atoms with Gasteiger partial charge in [-0.05, 0) is 62.4 Å². The number of alkyl carbamates (subject to hydrolysis) is 1. The van der Waals surface area contributed by atoms with E-state index in [1.807, 2.05) is 38.1 Å². The molecule has 2 unspecified atom stereocenters. The lowest BCUT2D eigenvalue weighted by molar-refractivity contribution is -0.143. The number of nitrogens with zero attached hydrogens (tertiary/aromatic N) is 1. The fraction of sp³-hybridized carbons (Fsp3) is 0.500. The zero-order chi connectivity index (χ0) is 29.0. The van der Waals surface area contributed by atoms with Crippen LogP contribution in [0.2, 0.25) is 0 Å². The number of carbonyl (C=O) groups is 3. The Morgan fingerprint density at radius 3 is 2.13 bits per heavy atom. The molecular formula is C30H43N3O6. The summed E-state index contributed by atoms with van der Waals surface area (Å²) in [4.78, 5) is 41.6. The molecule has 0 saturated heterocycles. The van der Waals surface area contributed by atoms with E-state index < -0.39 is 29.7 Å². The first kappa shape index (κ1) is 31.6. The number of amides is 3. The highest BCUT2D eigenvalue weighted by molar-refractivity contribution is 5.92. The maximum atomic E-state index is 14.1. The number of carbonyl (C=O) groups excluding carboxylic acids is 3. The second-order valence-electron chi connectivity index (χ2n) is 10.5. The second kappa shape index (κ2) is 15.1. The summed E-state index contributed by atoms with van der Waals surface area (Å²) in [5.41, 5.74) is 1.58. The van der Waals surface area contributed by atoms with E-state index in [1.54, 1.807) is 32.9 Å². The van der Waals surface area contributed by atoms with Gasteiger partial charge in [-0.1, -0.05) is 56.7 Å². The van der Waals surface area contributed by atoms with Gasteiger partial charge in [-0.2, -0.15) is 0 Å². The summed E-state index contributed by atoms with van der Waals surface area (Å²) in [6, 6.07) is 11.6. The Hall–Kier alpha value is -3.59. The topological polar surface area (TPSA) is 128 Å². The number of aryl methyl sites for hydroxylation is 1. The van der Waals surface area contributed by atoms with E-state index in [0.29, 0.717) is 17.7 Å². The molecule has 2 aromatic rings. The monoisotopic (exact) mass is 541 g/mol. The molecule has 9 heteroatoms. The van der Waals surface area contributed by atoms with Crippen molar-refractivity contribution in [2.24, 2.45) is 0 Å². The summed E-state index contributed by atoms with van der Waals surface area (Å²) in [5.74, 6) is -0.837. The minimum absolute atomic E-state index is 0.0722. The number of aromatic hydroxyl groups is 1. The normalized spacial score (nSPS) is 12.8. The van der Waals surface area contributed by atoms with Crippen LogP contribution in [-0.4, -0.2) is 64.4 Å². The zero-order valence-electron chi connectivity index (χ0n) is 23.7. The fourth-order valence-electron chi connectivity index (χ4n) is 4.09. The Morgan fingerprint density at radius 2 is 1.59 bits per heavy atom. The van der Waals surface area contributed by atoms with Crippen molar-refractivity contribution in [2.45, 2.75) is 78.0 Å². The lowest BCUT2D eigenvalue weighted by Crippen LogP contribution is -2.54. The summed E-state index contributed by atoms with van der Waals surface area (Å²) in [6.45, 7) is 9.16. The zero-order valence-corrected chi connectivity index (χ0v) is 23.7. The second-order valence-corrected chi connectivity index (χ2v) is 10.5. The molecular weight excluding hydrogens is 498 g/mol. The van der Waals surface area contributed by atoms with Crippen LogP contribution in [0.3, 0.4) is 0 Å². The number of nitrogens with one attached hydrogen (secondary N) is 2. The van der Waals surface area contributed by atoms with Crippen LogP contribution in [0.4, 0.5) is 4.79 Å². The third-order valence-corrected chi connectivity index (χ3v) is 6.08. The van der Waals surface area contributed by atoms with Gasteiger partial charge in [-0.3, -0.25) is 9.59 Å². The number of phenols is 1. The van der Waals surface area contributed by atoms with Gasteiger partial charge in [0.25, 0.3) is 0 Å². The quantitative estimate of drug-likeness (QED) is 0.285. The molecule has 2 rings (SSSR count). The molecule has 0 spiro atoms. The number of hydrogen-bond donors (Lipinski definition) is 4. The molecule has 3 amide bonds. The largest absolute Gasteiger partial charge is 0.508 e. The summed E-state index contributed by atoms with van der Waals surface area (Å²) >= 11 is 0. The molecule has 4 N–H and O–H groups in total. The Labute approximate surface area is 231 Å². The van der Waals surface area contributed by atoms with E-state index in [0.717, 1.165) is 24.8 Å². The van der Waals surface area contributed by atoms with Crippen molar-refractivity contribution in [1.82, 2.24) is 15.5 Å². The van der Waals surface area contributed by atoms with Gasteiger partial charge in [0.15, 0.2) is 0 Å². The number of aliphatic hydroxyl groups excluding tert-OH is 1. The molecule has 2 atom stereocenters. The summed E-state index contributed by atoms with van der Waals surface area (Å²) in [7, 11) is 0. The molecule has 0 aromatic heterocycles. The van der Waals surface area contributed by atoms with Gasteiger partial charge in [0.1, 0.15) is 23.4 Å². The first-order valence-electron chi connectivity index (χ1n) is 13.5. The van der Waals surface area contributed by atoms with Crippen molar-refractivity contribution >= 4 is 17.9 Å². The summed E-state index contributed by atoms with van der Waals surface area (Å²) < 4.78 is 5.41. The van der Waals surface area contributed by atoms with Gasteiger partial charge in [0.2, 0.25) is 11.8 Å². The van der Waals surface area contributed by atoms with Crippen LogP contribution >= 0.6 is 0 Å². The van der Waals surface area contributed by atoms with Crippen LogP contribution in [0.15, 0.2) is 48.5 Å². The Morgan fingerprint density at radius 1 is 0.974 bits per heavy atom. The van der Waals surface area contributed by atoms with Crippen molar-refractivity contribution in [2.75, 3.05) is 19.7 Å². The number of hydrogen-bond acceptors (Lipinski definition) is 6. The third-order valence-electron chi connectivity index (χ3n) is 6.08. The maximum Gasteiger partial charge on any atom is 0.408 e. The number of rotatable bonds is 13.